The van der Waals surface area contributed by atoms with Gasteiger partial charge in [0.25, 0.3) is 0 Å². The Morgan fingerprint density at radius 3 is 2.43 bits per heavy atom. The van der Waals surface area contributed by atoms with Crippen LogP contribution in [-0.4, -0.2) is 31.1 Å². The Morgan fingerprint density at radius 1 is 1.43 bits per heavy atom. The topological polar surface area (TPSA) is 110 Å². The molecule has 0 saturated carbocycles. The van der Waals surface area contributed by atoms with E-state index >= 15 is 0 Å². The molecule has 0 spiro atoms. The lowest BCUT2D eigenvalue weighted by atomic mass is 10.1. The summed E-state index contributed by atoms with van der Waals surface area (Å²) < 4.78 is 40.2. The van der Waals surface area contributed by atoms with E-state index in [0.29, 0.717) is 6.07 Å². The van der Waals surface area contributed by atoms with Crippen molar-refractivity contribution >= 4 is 15.7 Å². The molecule has 1 aromatic carbocycles. The van der Waals surface area contributed by atoms with Crippen LogP contribution in [0.2, 0.25) is 0 Å². The van der Waals surface area contributed by atoms with Gasteiger partial charge in [-0.15, -0.1) is 0 Å². The summed E-state index contributed by atoms with van der Waals surface area (Å²) in [6.45, 7) is 4.25. The predicted octanol–water partition coefficient (Wildman–Crippen LogP) is 1.34. The van der Waals surface area contributed by atoms with Crippen molar-refractivity contribution in [2.45, 2.75) is 31.7 Å². The first-order valence-electron chi connectivity index (χ1n) is 6.18. The molecular weight excluding hydrogens is 303 g/mol. The van der Waals surface area contributed by atoms with E-state index in [9.17, 15) is 22.9 Å². The molecular formula is C12H17FN2O5S. The van der Waals surface area contributed by atoms with Crippen LogP contribution in [0.1, 0.15) is 19.4 Å². The number of hydrogen-bond acceptors (Lipinski definition) is 5. The number of halogens is 1. The van der Waals surface area contributed by atoms with E-state index < -0.39 is 44.0 Å². The number of hydrogen-bond donors (Lipinski definition) is 2. The Kier molecular flexibility index (Phi) is 5.37. The standard InChI is InChI=1S/C12H17FN2O5S/c1-7(2)10(6-16)14-21(19,20)9-4-8(3)12(13)11(5-9)15(17)18/h4-5,7,10,14,16H,6H2,1-3H3/t10-/m1/s1. The van der Waals surface area contributed by atoms with Crippen molar-refractivity contribution in [2.24, 2.45) is 5.92 Å². The fourth-order valence-corrected chi connectivity index (χ4v) is 3.14. The number of aryl methyl sites for hydroxylation is 1. The fraction of sp³-hybridized carbons (Fsp3) is 0.500. The highest BCUT2D eigenvalue weighted by Gasteiger charge is 2.26. The number of aliphatic hydroxyl groups excluding tert-OH is 1. The number of nitro groups is 1. The maximum absolute atomic E-state index is 13.6. The van der Waals surface area contributed by atoms with Gasteiger partial charge in [-0.05, 0) is 24.5 Å². The Balaban J connectivity index is 3.29. The van der Waals surface area contributed by atoms with Crippen LogP contribution in [0.15, 0.2) is 17.0 Å². The second-order valence-corrected chi connectivity index (χ2v) is 6.70. The SMILES string of the molecule is Cc1cc(S(=O)(=O)N[C@H](CO)C(C)C)cc([N+](=O)[O-])c1F. The van der Waals surface area contributed by atoms with Gasteiger partial charge in [0.05, 0.1) is 16.4 Å². The average Bonchev–Trinajstić information content (AvgIpc) is 2.38. The Morgan fingerprint density at radius 2 is 2.00 bits per heavy atom. The first-order valence-corrected chi connectivity index (χ1v) is 7.66. The molecule has 1 atom stereocenters. The maximum atomic E-state index is 13.6. The largest absolute Gasteiger partial charge is 0.395 e. The molecule has 1 rings (SSSR count). The van der Waals surface area contributed by atoms with Gasteiger partial charge in [-0.2, -0.15) is 4.39 Å². The first kappa shape index (κ1) is 17.5. The maximum Gasteiger partial charge on any atom is 0.306 e. The van der Waals surface area contributed by atoms with Crippen LogP contribution >= 0.6 is 0 Å². The van der Waals surface area contributed by atoms with Gasteiger partial charge >= 0.3 is 5.69 Å². The summed E-state index contributed by atoms with van der Waals surface area (Å²) in [4.78, 5) is 9.36. The molecule has 0 fully saturated rings. The molecule has 0 aliphatic carbocycles. The molecule has 0 aliphatic heterocycles. The number of nitrogens with zero attached hydrogens (tertiary/aromatic N) is 1. The van der Waals surface area contributed by atoms with Gasteiger partial charge in [0, 0.05) is 12.1 Å². The van der Waals surface area contributed by atoms with E-state index in [-0.39, 0.29) is 11.5 Å². The minimum atomic E-state index is -4.09. The molecule has 9 heteroatoms. The number of aliphatic hydroxyl groups is 1. The second kappa shape index (κ2) is 6.46. The number of benzene rings is 1. The van der Waals surface area contributed by atoms with Crippen molar-refractivity contribution in [1.82, 2.24) is 4.72 Å². The van der Waals surface area contributed by atoms with Crippen molar-refractivity contribution in [3.63, 3.8) is 0 Å². The van der Waals surface area contributed by atoms with Crippen molar-refractivity contribution < 1.29 is 22.8 Å². The van der Waals surface area contributed by atoms with Crippen LogP contribution < -0.4 is 4.72 Å². The van der Waals surface area contributed by atoms with Crippen molar-refractivity contribution in [3.8, 4) is 0 Å². The molecule has 0 aliphatic rings. The van der Waals surface area contributed by atoms with Crippen molar-refractivity contribution in [1.29, 1.82) is 0 Å². The van der Waals surface area contributed by atoms with E-state index in [1.165, 1.54) is 6.92 Å². The van der Waals surface area contributed by atoms with E-state index in [1.807, 2.05) is 0 Å². The van der Waals surface area contributed by atoms with Crippen LogP contribution in [0.4, 0.5) is 10.1 Å². The lowest BCUT2D eigenvalue weighted by Crippen LogP contribution is -2.41. The number of sulfonamides is 1. The predicted molar refractivity (Wildman–Crippen MR) is 73.8 cm³/mol. The van der Waals surface area contributed by atoms with Crippen LogP contribution in [0, 0.1) is 28.8 Å². The minimum Gasteiger partial charge on any atom is -0.395 e. The lowest BCUT2D eigenvalue weighted by Gasteiger charge is -2.20. The van der Waals surface area contributed by atoms with E-state index in [0.717, 1.165) is 6.07 Å². The Hall–Kier alpha value is -1.58. The van der Waals surface area contributed by atoms with Crippen molar-refractivity contribution in [2.75, 3.05) is 6.61 Å². The summed E-state index contributed by atoms with van der Waals surface area (Å²) in [5.74, 6) is -1.25. The summed E-state index contributed by atoms with van der Waals surface area (Å²) in [7, 11) is -4.09. The quantitative estimate of drug-likeness (QED) is 0.607. The second-order valence-electron chi connectivity index (χ2n) is 4.98. The van der Waals surface area contributed by atoms with E-state index in [2.05, 4.69) is 4.72 Å². The average molecular weight is 320 g/mol. The molecule has 0 saturated heterocycles. The molecule has 21 heavy (non-hydrogen) atoms. The van der Waals surface area contributed by atoms with Gasteiger partial charge in [-0.25, -0.2) is 13.1 Å². The van der Waals surface area contributed by atoms with E-state index in [4.69, 9.17) is 5.11 Å². The van der Waals surface area contributed by atoms with Crippen LogP contribution in [-0.2, 0) is 10.0 Å². The zero-order valence-electron chi connectivity index (χ0n) is 11.8. The summed E-state index contributed by atoms with van der Waals surface area (Å²) in [5, 5.41) is 19.9. The summed E-state index contributed by atoms with van der Waals surface area (Å²) in [6, 6.07) is 0.943. The molecule has 0 unspecified atom stereocenters. The summed E-state index contributed by atoms with van der Waals surface area (Å²) in [6.07, 6.45) is 0. The third-order valence-electron chi connectivity index (χ3n) is 3.02. The molecule has 0 aromatic heterocycles. The van der Waals surface area contributed by atoms with Gasteiger partial charge in [-0.3, -0.25) is 10.1 Å². The fourth-order valence-electron chi connectivity index (χ4n) is 1.66. The normalized spacial score (nSPS) is 13.4. The molecule has 0 bridgehead atoms. The summed E-state index contributed by atoms with van der Waals surface area (Å²) in [5.41, 5.74) is -1.05. The van der Waals surface area contributed by atoms with Gasteiger partial charge in [0.2, 0.25) is 15.8 Å². The van der Waals surface area contributed by atoms with Crippen LogP contribution in [0.3, 0.4) is 0 Å². The minimum absolute atomic E-state index is 0.144. The Bertz CT molecular complexity index is 645. The van der Waals surface area contributed by atoms with Crippen LogP contribution in [0.5, 0.6) is 0 Å². The third-order valence-corrected chi connectivity index (χ3v) is 4.49. The monoisotopic (exact) mass is 320 g/mol. The Labute approximate surface area is 122 Å². The van der Waals surface area contributed by atoms with E-state index in [1.54, 1.807) is 13.8 Å². The molecule has 0 amide bonds. The molecule has 118 valence electrons. The lowest BCUT2D eigenvalue weighted by molar-refractivity contribution is -0.387. The van der Waals surface area contributed by atoms with Crippen molar-refractivity contribution in [3.05, 3.63) is 33.6 Å². The molecule has 2 N–H and O–H groups in total. The van der Waals surface area contributed by atoms with Gasteiger partial charge < -0.3 is 5.11 Å². The van der Waals surface area contributed by atoms with Gasteiger partial charge in [0.15, 0.2) is 0 Å². The highest BCUT2D eigenvalue weighted by molar-refractivity contribution is 7.89. The summed E-state index contributed by atoms with van der Waals surface area (Å²) >= 11 is 0. The molecule has 0 heterocycles. The molecule has 0 radical (unpaired) electrons. The first-order chi connectivity index (χ1) is 9.60. The number of nitro benzene ring substituents is 1. The number of nitrogens with one attached hydrogen (secondary N) is 1. The third kappa shape index (κ3) is 3.96. The highest BCUT2D eigenvalue weighted by Crippen LogP contribution is 2.25. The zero-order chi connectivity index (χ0) is 16.4. The zero-order valence-corrected chi connectivity index (χ0v) is 12.6. The van der Waals surface area contributed by atoms with Gasteiger partial charge in [0.1, 0.15) is 0 Å². The van der Waals surface area contributed by atoms with Gasteiger partial charge in [-0.1, -0.05) is 13.8 Å². The molecule has 1 aromatic rings. The number of rotatable bonds is 6. The molecule has 7 nitrogen and oxygen atoms in total. The van der Waals surface area contributed by atoms with Crippen LogP contribution in [0.25, 0.3) is 0 Å². The smallest absolute Gasteiger partial charge is 0.306 e. The highest BCUT2D eigenvalue weighted by atomic mass is 32.2.